The molecule has 0 unspecified atom stereocenters. The largest absolute Gasteiger partial charge is 0.496 e. The SMILES string of the molecule is COc1ccc([C@H](C)NC(=O)/C=C/c2sccc2C)cc1Br. The Balaban J connectivity index is 2.00. The van der Waals surface area contributed by atoms with Gasteiger partial charge in [0.1, 0.15) is 5.75 Å². The van der Waals surface area contributed by atoms with Crippen molar-refractivity contribution in [3.63, 3.8) is 0 Å². The van der Waals surface area contributed by atoms with Gasteiger partial charge < -0.3 is 10.1 Å². The molecule has 2 rings (SSSR count). The number of hydrogen-bond acceptors (Lipinski definition) is 3. The molecule has 0 radical (unpaired) electrons. The summed E-state index contributed by atoms with van der Waals surface area (Å²) in [6.07, 6.45) is 3.43. The number of amides is 1. The van der Waals surface area contributed by atoms with Crippen LogP contribution in [0.25, 0.3) is 6.08 Å². The van der Waals surface area contributed by atoms with E-state index >= 15 is 0 Å². The molecule has 1 amide bonds. The van der Waals surface area contributed by atoms with Gasteiger partial charge in [0.05, 0.1) is 17.6 Å². The first kappa shape index (κ1) is 16.8. The molecule has 0 saturated carbocycles. The van der Waals surface area contributed by atoms with Gasteiger partial charge in [-0.2, -0.15) is 0 Å². The molecule has 1 aromatic carbocycles. The van der Waals surface area contributed by atoms with Crippen molar-refractivity contribution >= 4 is 39.2 Å². The number of rotatable bonds is 5. The van der Waals surface area contributed by atoms with E-state index in [1.54, 1.807) is 24.5 Å². The van der Waals surface area contributed by atoms with E-state index in [0.717, 1.165) is 20.7 Å². The van der Waals surface area contributed by atoms with Crippen molar-refractivity contribution in [1.29, 1.82) is 0 Å². The fourth-order valence-corrected chi connectivity index (χ4v) is 3.38. The van der Waals surface area contributed by atoms with E-state index in [1.807, 2.05) is 49.6 Å². The summed E-state index contributed by atoms with van der Waals surface area (Å²) in [5, 5.41) is 4.98. The zero-order valence-electron chi connectivity index (χ0n) is 12.7. The minimum absolute atomic E-state index is 0.0798. The molecule has 1 atom stereocenters. The number of methoxy groups -OCH3 is 1. The van der Waals surface area contributed by atoms with Crippen molar-refractivity contribution in [2.24, 2.45) is 0 Å². The predicted molar refractivity (Wildman–Crippen MR) is 95.3 cm³/mol. The number of carbonyl (C=O) groups is 1. The zero-order valence-corrected chi connectivity index (χ0v) is 15.1. The van der Waals surface area contributed by atoms with Crippen LogP contribution in [0.3, 0.4) is 0 Å². The first-order valence-corrected chi connectivity index (χ1v) is 8.54. The lowest BCUT2D eigenvalue weighted by Gasteiger charge is -2.14. The fourth-order valence-electron chi connectivity index (χ4n) is 2.00. The molecule has 22 heavy (non-hydrogen) atoms. The zero-order chi connectivity index (χ0) is 16.1. The lowest BCUT2D eigenvalue weighted by molar-refractivity contribution is -0.117. The minimum atomic E-state index is -0.104. The predicted octanol–water partition coefficient (Wildman–Crippen LogP) is 4.72. The number of carbonyl (C=O) groups excluding carboxylic acids is 1. The molecular formula is C17H18BrNO2S. The molecule has 0 bridgehead atoms. The molecule has 5 heteroatoms. The van der Waals surface area contributed by atoms with E-state index in [9.17, 15) is 4.79 Å². The molecule has 0 aliphatic heterocycles. The number of nitrogens with one attached hydrogen (secondary N) is 1. The molecular weight excluding hydrogens is 362 g/mol. The number of halogens is 1. The number of hydrogen-bond donors (Lipinski definition) is 1. The second-order valence-electron chi connectivity index (χ2n) is 4.93. The Kier molecular flexibility index (Phi) is 5.80. The van der Waals surface area contributed by atoms with E-state index in [2.05, 4.69) is 21.2 Å². The Morgan fingerprint density at radius 3 is 2.77 bits per heavy atom. The van der Waals surface area contributed by atoms with Crippen LogP contribution in [0.2, 0.25) is 0 Å². The molecule has 3 nitrogen and oxygen atoms in total. The molecule has 0 spiro atoms. The first-order valence-electron chi connectivity index (χ1n) is 6.87. The summed E-state index contributed by atoms with van der Waals surface area (Å²) in [4.78, 5) is 13.1. The highest BCUT2D eigenvalue weighted by molar-refractivity contribution is 9.10. The summed E-state index contributed by atoms with van der Waals surface area (Å²) >= 11 is 5.08. The van der Waals surface area contributed by atoms with Crippen LogP contribution in [-0.4, -0.2) is 13.0 Å². The average molecular weight is 380 g/mol. The molecule has 0 aliphatic rings. The quantitative estimate of drug-likeness (QED) is 0.763. The van der Waals surface area contributed by atoms with Gasteiger partial charge in [-0.05, 0) is 70.6 Å². The lowest BCUT2D eigenvalue weighted by atomic mass is 10.1. The second-order valence-corrected chi connectivity index (χ2v) is 6.73. The third kappa shape index (κ3) is 4.21. The van der Waals surface area contributed by atoms with Crippen LogP contribution in [-0.2, 0) is 4.79 Å². The van der Waals surface area contributed by atoms with E-state index < -0.39 is 0 Å². The van der Waals surface area contributed by atoms with Gasteiger partial charge in [0.15, 0.2) is 0 Å². The van der Waals surface area contributed by atoms with Gasteiger partial charge in [-0.15, -0.1) is 11.3 Å². The van der Waals surface area contributed by atoms with Crippen molar-refractivity contribution in [3.8, 4) is 5.75 Å². The van der Waals surface area contributed by atoms with Crippen molar-refractivity contribution in [2.45, 2.75) is 19.9 Å². The van der Waals surface area contributed by atoms with Gasteiger partial charge in [-0.3, -0.25) is 4.79 Å². The van der Waals surface area contributed by atoms with Crippen LogP contribution in [0.5, 0.6) is 5.75 Å². The number of thiophene rings is 1. The Hall–Kier alpha value is -1.59. The van der Waals surface area contributed by atoms with Crippen molar-refractivity contribution in [1.82, 2.24) is 5.32 Å². The highest BCUT2D eigenvalue weighted by Gasteiger charge is 2.10. The van der Waals surface area contributed by atoms with Crippen molar-refractivity contribution in [3.05, 3.63) is 56.2 Å². The van der Waals surface area contributed by atoms with Crippen molar-refractivity contribution < 1.29 is 9.53 Å². The summed E-state index contributed by atoms with van der Waals surface area (Å²) in [6, 6.07) is 7.74. The molecule has 1 aromatic heterocycles. The van der Waals surface area contributed by atoms with Crippen LogP contribution in [0, 0.1) is 6.92 Å². The maximum Gasteiger partial charge on any atom is 0.244 e. The average Bonchev–Trinajstić information content (AvgIpc) is 2.90. The summed E-state index contributed by atoms with van der Waals surface area (Å²) in [5.41, 5.74) is 2.20. The highest BCUT2D eigenvalue weighted by Crippen LogP contribution is 2.28. The van der Waals surface area contributed by atoms with Crippen LogP contribution in [0.15, 0.2) is 40.2 Å². The molecule has 2 aromatic rings. The van der Waals surface area contributed by atoms with Gasteiger partial charge >= 0.3 is 0 Å². The van der Waals surface area contributed by atoms with E-state index in [-0.39, 0.29) is 11.9 Å². The Morgan fingerprint density at radius 2 is 2.18 bits per heavy atom. The molecule has 0 saturated heterocycles. The van der Waals surface area contributed by atoms with E-state index in [4.69, 9.17) is 4.74 Å². The Morgan fingerprint density at radius 1 is 1.41 bits per heavy atom. The maximum atomic E-state index is 12.0. The van der Waals surface area contributed by atoms with Crippen LogP contribution in [0.1, 0.15) is 29.0 Å². The number of aryl methyl sites for hydroxylation is 1. The second kappa shape index (κ2) is 7.61. The van der Waals surface area contributed by atoms with E-state index in [1.165, 1.54) is 5.56 Å². The van der Waals surface area contributed by atoms with Crippen LogP contribution >= 0.6 is 27.3 Å². The third-order valence-electron chi connectivity index (χ3n) is 3.32. The summed E-state index contributed by atoms with van der Waals surface area (Å²) in [5.74, 6) is 0.669. The molecule has 0 fully saturated rings. The first-order chi connectivity index (χ1) is 10.5. The minimum Gasteiger partial charge on any atom is -0.496 e. The number of benzene rings is 1. The lowest BCUT2D eigenvalue weighted by Crippen LogP contribution is -2.24. The van der Waals surface area contributed by atoms with Crippen LogP contribution in [0.4, 0.5) is 0 Å². The summed E-state index contributed by atoms with van der Waals surface area (Å²) in [6.45, 7) is 3.99. The van der Waals surface area contributed by atoms with Gasteiger partial charge in [-0.25, -0.2) is 0 Å². The van der Waals surface area contributed by atoms with Crippen molar-refractivity contribution in [2.75, 3.05) is 7.11 Å². The van der Waals surface area contributed by atoms with Gasteiger partial charge in [-0.1, -0.05) is 6.07 Å². The smallest absolute Gasteiger partial charge is 0.244 e. The molecule has 0 aliphatic carbocycles. The van der Waals surface area contributed by atoms with E-state index in [0.29, 0.717) is 0 Å². The molecule has 116 valence electrons. The molecule has 1 N–H and O–H groups in total. The highest BCUT2D eigenvalue weighted by atomic mass is 79.9. The summed E-state index contributed by atoms with van der Waals surface area (Å²) < 4.78 is 6.08. The topological polar surface area (TPSA) is 38.3 Å². The maximum absolute atomic E-state index is 12.0. The number of ether oxygens (including phenoxy) is 1. The van der Waals surface area contributed by atoms with Crippen LogP contribution < -0.4 is 10.1 Å². The summed E-state index contributed by atoms with van der Waals surface area (Å²) in [7, 11) is 1.63. The fraction of sp³-hybridized carbons (Fsp3) is 0.235. The standard InChI is InChI=1S/C17H18BrNO2S/c1-11-8-9-22-16(11)6-7-17(20)19-12(2)13-4-5-15(21-3)14(18)10-13/h4-10,12H,1-3H3,(H,19,20)/b7-6+/t12-/m0/s1. The van der Waals surface area contributed by atoms with Gasteiger partial charge in [0.25, 0.3) is 0 Å². The molecule has 1 heterocycles. The monoisotopic (exact) mass is 379 g/mol. The van der Waals surface area contributed by atoms with Gasteiger partial charge in [0.2, 0.25) is 5.91 Å². The Labute approximate surface area is 143 Å². The Bertz CT molecular complexity index is 694. The third-order valence-corrected chi connectivity index (χ3v) is 4.93. The van der Waals surface area contributed by atoms with Gasteiger partial charge in [0, 0.05) is 11.0 Å². The normalized spacial score (nSPS) is 12.4.